The smallest absolute Gasteiger partial charge is 0.127 e. The number of hydrogen-bond acceptors (Lipinski definition) is 2. The first-order valence-corrected chi connectivity index (χ1v) is 7.38. The molecule has 0 amide bonds. The summed E-state index contributed by atoms with van der Waals surface area (Å²) >= 11 is 8.04. The van der Waals surface area contributed by atoms with Gasteiger partial charge in [-0.15, -0.1) is 0 Å². The van der Waals surface area contributed by atoms with Crippen LogP contribution in [0.2, 0.25) is 5.02 Å². The van der Waals surface area contributed by atoms with Crippen molar-refractivity contribution in [2.45, 2.75) is 37.3 Å². The Kier molecular flexibility index (Phi) is 4.34. The van der Waals surface area contributed by atoms with Crippen LogP contribution in [-0.2, 0) is 5.75 Å². The van der Waals surface area contributed by atoms with Crippen molar-refractivity contribution in [3.63, 3.8) is 0 Å². The highest BCUT2D eigenvalue weighted by atomic mass is 35.5. The van der Waals surface area contributed by atoms with Crippen LogP contribution < -0.4 is 5.32 Å². The quantitative estimate of drug-likeness (QED) is 0.869. The van der Waals surface area contributed by atoms with Crippen molar-refractivity contribution in [2.24, 2.45) is 0 Å². The zero-order valence-corrected chi connectivity index (χ0v) is 11.7. The molecule has 0 aliphatic carbocycles. The molecule has 0 radical (unpaired) electrons. The average Bonchev–Trinajstić information content (AvgIpc) is 2.45. The molecule has 1 aliphatic rings. The van der Waals surface area contributed by atoms with E-state index in [0.717, 1.165) is 24.1 Å². The summed E-state index contributed by atoms with van der Waals surface area (Å²) < 4.78 is 13.9. The zero-order valence-electron chi connectivity index (χ0n) is 10.1. The number of fused-ring (bicyclic) bond motifs is 1. The second kappa shape index (κ2) is 5.59. The molecule has 17 heavy (non-hydrogen) atoms. The van der Waals surface area contributed by atoms with E-state index < -0.39 is 0 Å². The van der Waals surface area contributed by atoms with Gasteiger partial charge in [0.05, 0.1) is 0 Å². The molecule has 1 aromatic carbocycles. The van der Waals surface area contributed by atoms with Crippen LogP contribution in [0.15, 0.2) is 12.1 Å². The van der Waals surface area contributed by atoms with E-state index in [1.807, 2.05) is 0 Å². The fraction of sp³-hybridized carbons (Fsp3) is 0.538. The molecule has 4 heteroatoms. The van der Waals surface area contributed by atoms with E-state index in [1.54, 1.807) is 17.8 Å². The minimum absolute atomic E-state index is 0.131. The van der Waals surface area contributed by atoms with Crippen LogP contribution in [0.3, 0.4) is 0 Å². The van der Waals surface area contributed by atoms with Crippen LogP contribution >= 0.6 is 23.4 Å². The molecule has 1 nitrogen and oxygen atoms in total. The normalized spacial score (nSPS) is 24.2. The Hall–Kier alpha value is -0.250. The number of benzene rings is 1. The molecule has 1 heterocycles. The van der Waals surface area contributed by atoms with E-state index in [1.165, 1.54) is 6.07 Å². The molecule has 1 aromatic rings. The molecule has 0 fully saturated rings. The van der Waals surface area contributed by atoms with Gasteiger partial charge in [-0.3, -0.25) is 0 Å². The van der Waals surface area contributed by atoms with Gasteiger partial charge < -0.3 is 5.32 Å². The van der Waals surface area contributed by atoms with Gasteiger partial charge in [0.15, 0.2) is 0 Å². The summed E-state index contributed by atoms with van der Waals surface area (Å²) in [6.07, 6.45) is 0.995. The highest BCUT2D eigenvalue weighted by Crippen LogP contribution is 2.39. The first-order valence-electron chi connectivity index (χ1n) is 5.95. The van der Waals surface area contributed by atoms with Crippen LogP contribution in [0.25, 0.3) is 0 Å². The fourth-order valence-electron chi connectivity index (χ4n) is 2.31. The number of nitrogens with one attached hydrogen (secondary N) is 1. The minimum atomic E-state index is -0.131. The lowest BCUT2D eigenvalue weighted by atomic mass is 9.97. The van der Waals surface area contributed by atoms with Crippen molar-refractivity contribution in [3.8, 4) is 0 Å². The van der Waals surface area contributed by atoms with Gasteiger partial charge in [-0.25, -0.2) is 4.39 Å². The van der Waals surface area contributed by atoms with Crippen molar-refractivity contribution < 1.29 is 4.39 Å². The van der Waals surface area contributed by atoms with E-state index in [4.69, 9.17) is 11.6 Å². The predicted octanol–water partition coefficient (Wildman–Crippen LogP) is 4.16. The molecule has 2 unspecified atom stereocenters. The molecule has 1 N–H and O–H groups in total. The molecular weight excluding hydrogens is 257 g/mol. The summed E-state index contributed by atoms with van der Waals surface area (Å²) in [7, 11) is 0. The Labute approximate surface area is 111 Å². The van der Waals surface area contributed by atoms with E-state index in [2.05, 4.69) is 19.2 Å². The highest BCUT2D eigenvalue weighted by molar-refractivity contribution is 7.99. The maximum Gasteiger partial charge on any atom is 0.127 e. The summed E-state index contributed by atoms with van der Waals surface area (Å²) in [5.74, 6) is 0.582. The van der Waals surface area contributed by atoms with Gasteiger partial charge in [-0.1, -0.05) is 25.4 Å². The van der Waals surface area contributed by atoms with Gasteiger partial charge in [0.2, 0.25) is 0 Å². The molecule has 0 aromatic heterocycles. The molecule has 0 bridgehead atoms. The highest BCUT2D eigenvalue weighted by Gasteiger charge is 2.26. The Morgan fingerprint density at radius 1 is 1.53 bits per heavy atom. The summed E-state index contributed by atoms with van der Waals surface area (Å²) in [6.45, 7) is 5.12. The van der Waals surface area contributed by atoms with Crippen molar-refractivity contribution in [3.05, 3.63) is 34.1 Å². The standard InChI is InChI=1S/C13H17ClFNS/c1-3-16-12-6-8(2)17-7-9-11(15)5-4-10(14)13(9)12/h4-5,8,12,16H,3,6-7H2,1-2H3. The Bertz CT molecular complexity index is 411. The lowest BCUT2D eigenvalue weighted by molar-refractivity contribution is 0.510. The lowest BCUT2D eigenvalue weighted by Gasteiger charge is -2.21. The Morgan fingerprint density at radius 2 is 2.29 bits per heavy atom. The zero-order chi connectivity index (χ0) is 12.4. The summed E-state index contributed by atoms with van der Waals surface area (Å²) in [6, 6.07) is 3.31. The van der Waals surface area contributed by atoms with Gasteiger partial charge in [-0.2, -0.15) is 11.8 Å². The number of rotatable bonds is 2. The summed E-state index contributed by atoms with van der Waals surface area (Å²) in [4.78, 5) is 0. The summed E-state index contributed by atoms with van der Waals surface area (Å²) in [5, 5.41) is 4.61. The Morgan fingerprint density at radius 3 is 3.00 bits per heavy atom. The largest absolute Gasteiger partial charge is 0.310 e. The molecule has 94 valence electrons. The maximum absolute atomic E-state index is 13.9. The average molecular weight is 274 g/mol. The summed E-state index contributed by atoms with van der Waals surface area (Å²) in [5.41, 5.74) is 1.74. The molecular formula is C13H17ClFNS. The van der Waals surface area contributed by atoms with Crippen LogP contribution in [0.4, 0.5) is 4.39 Å². The second-order valence-corrected chi connectivity index (χ2v) is 6.22. The van der Waals surface area contributed by atoms with Crippen LogP contribution in [0, 0.1) is 5.82 Å². The third-order valence-electron chi connectivity index (χ3n) is 3.13. The van der Waals surface area contributed by atoms with Gasteiger partial charge in [0, 0.05) is 27.6 Å². The molecule has 0 spiro atoms. The van der Waals surface area contributed by atoms with E-state index in [-0.39, 0.29) is 11.9 Å². The lowest BCUT2D eigenvalue weighted by Crippen LogP contribution is -2.23. The first kappa shape index (κ1) is 13.2. The third-order valence-corrected chi connectivity index (χ3v) is 4.67. The minimum Gasteiger partial charge on any atom is -0.310 e. The van der Waals surface area contributed by atoms with Crippen molar-refractivity contribution >= 4 is 23.4 Å². The van der Waals surface area contributed by atoms with E-state index in [9.17, 15) is 4.39 Å². The van der Waals surface area contributed by atoms with Gasteiger partial charge in [-0.05, 0) is 30.7 Å². The first-order chi connectivity index (χ1) is 8.13. The van der Waals surface area contributed by atoms with Crippen LogP contribution in [0.5, 0.6) is 0 Å². The maximum atomic E-state index is 13.9. The monoisotopic (exact) mass is 273 g/mol. The van der Waals surface area contributed by atoms with Gasteiger partial charge >= 0.3 is 0 Å². The third kappa shape index (κ3) is 2.78. The molecule has 2 atom stereocenters. The molecule has 0 saturated carbocycles. The van der Waals surface area contributed by atoms with Crippen molar-refractivity contribution in [2.75, 3.05) is 6.54 Å². The van der Waals surface area contributed by atoms with E-state index in [0.29, 0.717) is 16.0 Å². The van der Waals surface area contributed by atoms with Gasteiger partial charge in [0.1, 0.15) is 5.82 Å². The Balaban J connectivity index is 2.47. The van der Waals surface area contributed by atoms with Crippen LogP contribution in [0.1, 0.15) is 37.4 Å². The van der Waals surface area contributed by atoms with Crippen LogP contribution in [-0.4, -0.2) is 11.8 Å². The fourth-order valence-corrected chi connectivity index (χ4v) is 3.69. The number of hydrogen-bond donors (Lipinski definition) is 1. The number of halogens is 2. The van der Waals surface area contributed by atoms with Crippen molar-refractivity contribution in [1.29, 1.82) is 0 Å². The molecule has 1 aliphatic heterocycles. The molecule has 0 saturated heterocycles. The van der Waals surface area contributed by atoms with Gasteiger partial charge in [0.25, 0.3) is 0 Å². The SMILES string of the molecule is CCNC1CC(C)SCc2c(F)ccc(Cl)c21. The topological polar surface area (TPSA) is 12.0 Å². The van der Waals surface area contributed by atoms with E-state index >= 15 is 0 Å². The number of thioether (sulfide) groups is 1. The second-order valence-electron chi connectivity index (χ2n) is 4.39. The van der Waals surface area contributed by atoms with Crippen molar-refractivity contribution in [1.82, 2.24) is 5.32 Å². The predicted molar refractivity (Wildman–Crippen MR) is 73.2 cm³/mol. The molecule has 2 rings (SSSR count).